The maximum Gasteiger partial charge on any atom is 0.0829 e. The van der Waals surface area contributed by atoms with Gasteiger partial charge in [-0.3, -0.25) is 4.90 Å². The molecule has 2 atom stereocenters. The van der Waals surface area contributed by atoms with E-state index in [0.29, 0.717) is 12.1 Å². The zero-order chi connectivity index (χ0) is 13.7. The lowest BCUT2D eigenvalue weighted by molar-refractivity contribution is -0.0376. The quantitative estimate of drug-likeness (QED) is 0.779. The number of hydrogen-bond donors (Lipinski definition) is 1. The Labute approximate surface area is 118 Å². The normalized spacial score (nSPS) is 29.5. The van der Waals surface area contributed by atoms with Gasteiger partial charge in [0.2, 0.25) is 0 Å². The van der Waals surface area contributed by atoms with Crippen LogP contribution in [-0.2, 0) is 4.74 Å². The van der Waals surface area contributed by atoms with Crippen molar-refractivity contribution in [3.8, 4) is 0 Å². The molecule has 4 heteroatoms. The minimum Gasteiger partial charge on any atom is -0.374 e. The van der Waals surface area contributed by atoms with Crippen molar-refractivity contribution in [2.75, 3.05) is 52.9 Å². The fourth-order valence-corrected chi connectivity index (χ4v) is 3.23. The zero-order valence-electron chi connectivity index (χ0n) is 12.9. The van der Waals surface area contributed by atoms with E-state index in [4.69, 9.17) is 4.74 Å². The third kappa shape index (κ3) is 5.38. The van der Waals surface area contributed by atoms with E-state index in [2.05, 4.69) is 36.0 Å². The first kappa shape index (κ1) is 15.2. The summed E-state index contributed by atoms with van der Waals surface area (Å²) in [4.78, 5) is 4.99. The van der Waals surface area contributed by atoms with Crippen LogP contribution in [-0.4, -0.2) is 74.9 Å². The first-order chi connectivity index (χ1) is 9.13. The van der Waals surface area contributed by atoms with E-state index in [1.54, 1.807) is 0 Å². The highest BCUT2D eigenvalue weighted by Gasteiger charge is 2.24. The molecule has 4 nitrogen and oxygen atoms in total. The number of rotatable bonds is 6. The van der Waals surface area contributed by atoms with Crippen LogP contribution in [0.5, 0.6) is 0 Å². The van der Waals surface area contributed by atoms with Gasteiger partial charge in [-0.25, -0.2) is 0 Å². The van der Waals surface area contributed by atoms with Gasteiger partial charge in [-0.2, -0.15) is 0 Å². The predicted octanol–water partition coefficient (Wildman–Crippen LogP) is 1.03. The summed E-state index contributed by atoms with van der Waals surface area (Å²) < 4.78 is 5.92. The molecule has 2 aliphatic rings. The highest BCUT2D eigenvalue weighted by Crippen LogP contribution is 2.11. The van der Waals surface area contributed by atoms with E-state index < -0.39 is 0 Å². The van der Waals surface area contributed by atoms with E-state index >= 15 is 0 Å². The Morgan fingerprint density at radius 2 is 2.21 bits per heavy atom. The van der Waals surface area contributed by atoms with E-state index in [9.17, 15) is 0 Å². The van der Waals surface area contributed by atoms with Gasteiger partial charge in [-0.05, 0) is 32.4 Å². The summed E-state index contributed by atoms with van der Waals surface area (Å²) in [5.74, 6) is 0.725. The maximum atomic E-state index is 5.92. The Kier molecular flexibility index (Phi) is 6.07. The fourth-order valence-electron chi connectivity index (χ4n) is 3.23. The lowest BCUT2D eigenvalue weighted by Crippen LogP contribution is -2.49. The molecule has 2 heterocycles. The van der Waals surface area contributed by atoms with Crippen molar-refractivity contribution in [1.82, 2.24) is 15.1 Å². The minimum absolute atomic E-state index is 0.388. The van der Waals surface area contributed by atoms with Gasteiger partial charge in [-0.15, -0.1) is 0 Å². The molecule has 0 amide bonds. The SMILES string of the molecule is CC(C)CN(CC1CCCN1)CC1CN(C)CCO1. The average molecular weight is 269 g/mol. The zero-order valence-corrected chi connectivity index (χ0v) is 12.9. The number of hydrogen-bond acceptors (Lipinski definition) is 4. The highest BCUT2D eigenvalue weighted by atomic mass is 16.5. The van der Waals surface area contributed by atoms with Crippen molar-refractivity contribution in [1.29, 1.82) is 0 Å². The van der Waals surface area contributed by atoms with Crippen LogP contribution >= 0.6 is 0 Å². The van der Waals surface area contributed by atoms with Crippen LogP contribution in [0, 0.1) is 5.92 Å². The molecule has 0 bridgehead atoms. The van der Waals surface area contributed by atoms with Crippen LogP contribution < -0.4 is 5.32 Å². The summed E-state index contributed by atoms with van der Waals surface area (Å²) >= 11 is 0. The maximum absolute atomic E-state index is 5.92. The molecule has 0 aromatic rings. The molecular formula is C15H31N3O. The van der Waals surface area contributed by atoms with E-state index in [-0.39, 0.29) is 0 Å². The molecule has 0 aromatic carbocycles. The van der Waals surface area contributed by atoms with Crippen LogP contribution in [0.25, 0.3) is 0 Å². The van der Waals surface area contributed by atoms with E-state index in [0.717, 1.165) is 32.2 Å². The summed E-state index contributed by atoms with van der Waals surface area (Å²) in [6, 6.07) is 0.695. The molecule has 2 fully saturated rings. The number of likely N-dealkylation sites (N-methyl/N-ethyl adjacent to an activating group) is 1. The topological polar surface area (TPSA) is 27.7 Å². The van der Waals surface area contributed by atoms with E-state index in [1.165, 1.54) is 32.5 Å². The summed E-state index contributed by atoms with van der Waals surface area (Å²) in [6.45, 7) is 12.3. The molecule has 1 N–H and O–H groups in total. The Bertz CT molecular complexity index is 254. The third-order valence-corrected chi connectivity index (χ3v) is 4.07. The first-order valence-corrected chi connectivity index (χ1v) is 7.89. The van der Waals surface area contributed by atoms with Gasteiger partial charge >= 0.3 is 0 Å². The van der Waals surface area contributed by atoms with Gasteiger partial charge in [0.15, 0.2) is 0 Å². The van der Waals surface area contributed by atoms with Crippen LogP contribution in [0.4, 0.5) is 0 Å². The summed E-state index contributed by atoms with van der Waals surface area (Å²) in [5, 5.41) is 3.61. The van der Waals surface area contributed by atoms with Crippen molar-refractivity contribution in [3.63, 3.8) is 0 Å². The van der Waals surface area contributed by atoms with Gasteiger partial charge in [0.05, 0.1) is 12.7 Å². The van der Waals surface area contributed by atoms with Crippen molar-refractivity contribution < 1.29 is 4.74 Å². The number of ether oxygens (including phenoxy) is 1. The van der Waals surface area contributed by atoms with Gasteiger partial charge in [-0.1, -0.05) is 13.8 Å². The molecule has 112 valence electrons. The molecule has 0 saturated carbocycles. The predicted molar refractivity (Wildman–Crippen MR) is 79.5 cm³/mol. The molecule has 0 aliphatic carbocycles. The number of nitrogens with zero attached hydrogens (tertiary/aromatic N) is 2. The van der Waals surface area contributed by atoms with Crippen molar-refractivity contribution >= 4 is 0 Å². The molecular weight excluding hydrogens is 238 g/mol. The van der Waals surface area contributed by atoms with Crippen LogP contribution in [0.3, 0.4) is 0 Å². The molecule has 2 saturated heterocycles. The first-order valence-electron chi connectivity index (χ1n) is 7.89. The average Bonchev–Trinajstić information content (AvgIpc) is 2.80. The summed E-state index contributed by atoms with van der Waals surface area (Å²) in [5.41, 5.74) is 0. The number of nitrogens with one attached hydrogen (secondary N) is 1. The van der Waals surface area contributed by atoms with Crippen molar-refractivity contribution in [3.05, 3.63) is 0 Å². The Hall–Kier alpha value is -0.160. The van der Waals surface area contributed by atoms with Crippen molar-refractivity contribution in [2.45, 2.75) is 38.8 Å². The Morgan fingerprint density at radius 1 is 1.37 bits per heavy atom. The monoisotopic (exact) mass is 269 g/mol. The molecule has 0 radical (unpaired) electrons. The second-order valence-corrected chi connectivity index (χ2v) is 6.66. The molecule has 0 spiro atoms. The molecule has 2 rings (SSSR count). The van der Waals surface area contributed by atoms with Crippen LogP contribution in [0.15, 0.2) is 0 Å². The van der Waals surface area contributed by atoms with Crippen molar-refractivity contribution in [2.24, 2.45) is 5.92 Å². The fraction of sp³-hybridized carbons (Fsp3) is 1.00. The highest BCUT2D eigenvalue weighted by molar-refractivity contribution is 4.81. The van der Waals surface area contributed by atoms with Gasteiger partial charge in [0.25, 0.3) is 0 Å². The van der Waals surface area contributed by atoms with Crippen LogP contribution in [0.1, 0.15) is 26.7 Å². The van der Waals surface area contributed by atoms with Gasteiger partial charge in [0.1, 0.15) is 0 Å². The number of morpholine rings is 1. The van der Waals surface area contributed by atoms with Gasteiger partial charge in [0, 0.05) is 38.8 Å². The van der Waals surface area contributed by atoms with E-state index in [1.807, 2.05) is 0 Å². The second kappa shape index (κ2) is 7.58. The summed E-state index contributed by atoms with van der Waals surface area (Å²) in [7, 11) is 2.20. The lowest BCUT2D eigenvalue weighted by atomic mass is 10.1. The minimum atomic E-state index is 0.388. The second-order valence-electron chi connectivity index (χ2n) is 6.66. The lowest BCUT2D eigenvalue weighted by Gasteiger charge is -2.35. The van der Waals surface area contributed by atoms with Crippen LogP contribution in [0.2, 0.25) is 0 Å². The molecule has 0 aromatic heterocycles. The smallest absolute Gasteiger partial charge is 0.0829 e. The Morgan fingerprint density at radius 3 is 2.84 bits per heavy atom. The summed E-state index contributed by atoms with van der Waals surface area (Å²) in [6.07, 6.45) is 3.06. The molecule has 2 aliphatic heterocycles. The molecule has 2 unspecified atom stereocenters. The molecule has 19 heavy (non-hydrogen) atoms. The Balaban J connectivity index is 1.81. The largest absolute Gasteiger partial charge is 0.374 e. The third-order valence-electron chi connectivity index (χ3n) is 4.07. The standard InChI is InChI=1S/C15H31N3O/c1-13(2)9-18(10-14-5-4-6-16-14)12-15-11-17(3)7-8-19-15/h13-16H,4-12H2,1-3H3. The van der Waals surface area contributed by atoms with Gasteiger partial charge < -0.3 is 15.0 Å².